The maximum absolute atomic E-state index is 12.6. The highest BCUT2D eigenvalue weighted by Crippen LogP contribution is 2.27. The summed E-state index contributed by atoms with van der Waals surface area (Å²) in [6.45, 7) is 16.8. The molecule has 10 heteroatoms. The second kappa shape index (κ2) is 26.5. The zero-order valence-electron chi connectivity index (χ0n) is 32.7. The van der Waals surface area contributed by atoms with Crippen LogP contribution in [0.25, 0.3) is 17.5 Å². The Hall–Kier alpha value is -4.31. The van der Waals surface area contributed by atoms with E-state index in [0.717, 1.165) is 35.7 Å². The molecular formula is C41H63F2N7O. The molecule has 0 aliphatic rings. The summed E-state index contributed by atoms with van der Waals surface area (Å²) in [5.74, 6) is 4.67. The lowest BCUT2D eigenvalue weighted by molar-refractivity contribution is -0.106. The molecule has 51 heavy (non-hydrogen) atoms. The number of aromatic nitrogens is 2. The molecule has 0 saturated carbocycles. The molecule has 1 unspecified atom stereocenters. The van der Waals surface area contributed by atoms with Crippen LogP contribution in [0.4, 0.5) is 20.3 Å². The number of hydrogen-bond donors (Lipinski definition) is 3. The summed E-state index contributed by atoms with van der Waals surface area (Å²) >= 11 is 0. The number of nitrogens with one attached hydrogen (secondary N) is 2. The SMILES string of the molecule is CC(C)=Cc1ccc(-c2nccc(Nc3ccc(/C(C=N)=N/N)cc3)n2)cc1C.CC=O.CCC(C)CCC(F)(F)CC.CCCCCN(C)C. The van der Waals surface area contributed by atoms with Crippen molar-refractivity contribution in [3.63, 3.8) is 0 Å². The van der Waals surface area contributed by atoms with Crippen LogP contribution in [-0.2, 0) is 4.79 Å². The van der Waals surface area contributed by atoms with Gasteiger partial charge in [-0.3, -0.25) is 0 Å². The van der Waals surface area contributed by atoms with E-state index in [2.05, 4.69) is 85.3 Å². The third-order valence-electron chi connectivity index (χ3n) is 7.78. The highest BCUT2D eigenvalue weighted by molar-refractivity contribution is 6.37. The van der Waals surface area contributed by atoms with E-state index in [1.807, 2.05) is 50.2 Å². The van der Waals surface area contributed by atoms with Crippen molar-refractivity contribution in [2.75, 3.05) is 26.0 Å². The number of benzene rings is 2. The van der Waals surface area contributed by atoms with Crippen molar-refractivity contribution < 1.29 is 13.6 Å². The molecule has 4 N–H and O–H groups in total. The first-order chi connectivity index (χ1) is 24.2. The Bertz CT molecular complexity index is 1470. The zero-order valence-corrected chi connectivity index (χ0v) is 32.7. The third-order valence-corrected chi connectivity index (χ3v) is 7.78. The number of rotatable bonds is 15. The Labute approximate surface area is 306 Å². The summed E-state index contributed by atoms with van der Waals surface area (Å²) in [5, 5.41) is 14.2. The van der Waals surface area contributed by atoms with E-state index < -0.39 is 5.92 Å². The molecular weight excluding hydrogens is 644 g/mol. The van der Waals surface area contributed by atoms with Crippen LogP contribution in [0.1, 0.15) is 110 Å². The predicted molar refractivity (Wildman–Crippen MR) is 215 cm³/mol. The van der Waals surface area contributed by atoms with Gasteiger partial charge in [0.05, 0.1) is 0 Å². The molecule has 0 spiro atoms. The average Bonchev–Trinajstić information content (AvgIpc) is 3.10. The second-order valence-electron chi connectivity index (χ2n) is 12.9. The fourth-order valence-corrected chi connectivity index (χ4v) is 4.44. The number of hydrogen-bond acceptors (Lipinski definition) is 8. The van der Waals surface area contributed by atoms with Gasteiger partial charge < -0.3 is 26.3 Å². The highest BCUT2D eigenvalue weighted by atomic mass is 19.3. The van der Waals surface area contributed by atoms with Gasteiger partial charge in [0.1, 0.15) is 17.8 Å². The molecule has 3 rings (SSSR count). The number of allylic oxidation sites excluding steroid dienone is 1. The number of carbonyl (C=O) groups excluding carboxylic acids is 1. The van der Waals surface area contributed by atoms with Gasteiger partial charge in [0.25, 0.3) is 0 Å². The predicted octanol–water partition coefficient (Wildman–Crippen LogP) is 10.7. The van der Waals surface area contributed by atoms with Gasteiger partial charge in [0.15, 0.2) is 5.82 Å². The van der Waals surface area contributed by atoms with Crippen LogP contribution in [0.2, 0.25) is 0 Å². The first-order valence-corrected chi connectivity index (χ1v) is 17.9. The van der Waals surface area contributed by atoms with Crippen molar-refractivity contribution in [3.05, 3.63) is 77.0 Å². The lowest BCUT2D eigenvalue weighted by atomic mass is 9.99. The second-order valence-corrected chi connectivity index (χ2v) is 12.9. The molecule has 8 nitrogen and oxygen atoms in total. The monoisotopic (exact) mass is 708 g/mol. The van der Waals surface area contributed by atoms with Crippen molar-refractivity contribution >= 4 is 35.8 Å². The minimum Gasteiger partial charge on any atom is -0.340 e. The maximum atomic E-state index is 12.6. The molecule has 0 fully saturated rings. The van der Waals surface area contributed by atoms with Crippen molar-refractivity contribution in [2.45, 2.75) is 106 Å². The quantitative estimate of drug-likeness (QED) is 0.0475. The van der Waals surface area contributed by atoms with Gasteiger partial charge in [0.2, 0.25) is 5.92 Å². The van der Waals surface area contributed by atoms with Gasteiger partial charge in [0, 0.05) is 42.1 Å². The van der Waals surface area contributed by atoms with Gasteiger partial charge in [-0.1, -0.05) is 82.9 Å². The summed E-state index contributed by atoms with van der Waals surface area (Å²) in [6, 6.07) is 15.6. The first-order valence-electron chi connectivity index (χ1n) is 17.9. The number of carbonyl (C=O) groups is 1. The lowest BCUT2D eigenvalue weighted by Gasteiger charge is -2.15. The Balaban J connectivity index is 0.000000932. The van der Waals surface area contributed by atoms with Crippen LogP contribution in [0.5, 0.6) is 0 Å². The standard InChI is InChI=1S/C23H24N6.C9H18F2.C7H17N.C2H4O/c1-15(2)12-18-4-5-19(13-16(18)3)23-26-11-10-22(28-23)27-20-8-6-17(7-9-20)21(14-24)29-25;1-4-8(3)6-7-9(10,11)5-2;1-4-5-6-7-8(2)3;1-2-3/h4-14,24H,25H2,1-3H3,(H,26,27,28);8H,4-7H2,1-3H3;4-7H2,1-3H3;2H,1H3/b24-14?,29-21+;;;. The van der Waals surface area contributed by atoms with Crippen LogP contribution in [0.15, 0.2) is 65.4 Å². The van der Waals surface area contributed by atoms with E-state index in [1.54, 1.807) is 6.20 Å². The summed E-state index contributed by atoms with van der Waals surface area (Å²) in [7, 11) is 4.24. The Morgan fingerprint density at radius 3 is 2.22 bits per heavy atom. The van der Waals surface area contributed by atoms with E-state index in [0.29, 0.717) is 29.7 Å². The minimum absolute atomic E-state index is 0.0244. The molecule has 0 bridgehead atoms. The molecule has 282 valence electrons. The Morgan fingerprint density at radius 1 is 1.08 bits per heavy atom. The van der Waals surface area contributed by atoms with Crippen molar-refractivity contribution in [1.82, 2.24) is 14.9 Å². The normalized spacial score (nSPS) is 11.4. The van der Waals surface area contributed by atoms with Crippen molar-refractivity contribution in [2.24, 2.45) is 16.9 Å². The Morgan fingerprint density at radius 2 is 1.73 bits per heavy atom. The van der Waals surface area contributed by atoms with Crippen LogP contribution in [-0.4, -0.2) is 59.6 Å². The molecule has 0 aliphatic carbocycles. The smallest absolute Gasteiger partial charge is 0.247 e. The number of nitrogens with two attached hydrogens (primary N) is 1. The van der Waals surface area contributed by atoms with Crippen molar-refractivity contribution in [3.8, 4) is 11.4 Å². The molecule has 0 amide bonds. The van der Waals surface area contributed by atoms with Gasteiger partial charge >= 0.3 is 0 Å². The molecule has 3 aromatic rings. The summed E-state index contributed by atoms with van der Waals surface area (Å²) in [4.78, 5) is 20.1. The minimum atomic E-state index is -2.43. The highest BCUT2D eigenvalue weighted by Gasteiger charge is 2.25. The summed E-state index contributed by atoms with van der Waals surface area (Å²) in [5.41, 5.74) is 6.70. The summed E-state index contributed by atoms with van der Waals surface area (Å²) in [6.07, 6.45) is 11.5. The third kappa shape index (κ3) is 20.8. The summed E-state index contributed by atoms with van der Waals surface area (Å²) < 4.78 is 25.3. The van der Waals surface area contributed by atoms with E-state index >= 15 is 0 Å². The van der Waals surface area contributed by atoms with Crippen LogP contribution in [0, 0.1) is 18.3 Å². The van der Waals surface area contributed by atoms with Crippen LogP contribution < -0.4 is 11.2 Å². The van der Waals surface area contributed by atoms with Gasteiger partial charge in [-0.25, -0.2) is 18.7 Å². The molecule has 1 atom stereocenters. The van der Waals surface area contributed by atoms with Gasteiger partial charge in [-0.15, -0.1) is 0 Å². The number of aldehydes is 1. The van der Waals surface area contributed by atoms with Gasteiger partial charge in [-0.2, -0.15) is 5.10 Å². The Kier molecular flexibility index (Phi) is 24.3. The maximum Gasteiger partial charge on any atom is 0.247 e. The van der Waals surface area contributed by atoms with E-state index in [4.69, 9.17) is 16.0 Å². The number of anilines is 2. The fourth-order valence-electron chi connectivity index (χ4n) is 4.44. The molecule has 1 aromatic heterocycles. The zero-order chi connectivity index (χ0) is 38.8. The fraction of sp³-hybridized carbons (Fsp3) is 0.488. The van der Waals surface area contributed by atoms with Crippen LogP contribution in [0.3, 0.4) is 0 Å². The van der Waals surface area contributed by atoms with Crippen molar-refractivity contribution in [1.29, 1.82) is 5.41 Å². The number of halogens is 2. The molecule has 0 radical (unpaired) electrons. The number of aryl methyl sites for hydroxylation is 1. The van der Waals surface area contributed by atoms with E-state index in [1.165, 1.54) is 56.4 Å². The molecule has 1 heterocycles. The van der Waals surface area contributed by atoms with Crippen LogP contribution >= 0.6 is 0 Å². The topological polar surface area (TPSA) is 120 Å². The molecule has 2 aromatic carbocycles. The number of unbranched alkanes of at least 4 members (excludes halogenated alkanes) is 2. The molecule has 0 saturated heterocycles. The lowest BCUT2D eigenvalue weighted by Crippen LogP contribution is -2.15. The molecule has 0 aliphatic heterocycles. The largest absolute Gasteiger partial charge is 0.340 e. The van der Waals surface area contributed by atoms with E-state index in [-0.39, 0.29) is 12.8 Å². The first kappa shape index (κ1) is 46.7. The number of hydrazone groups is 1. The number of alkyl halides is 2. The van der Waals surface area contributed by atoms with Gasteiger partial charge in [-0.05, 0) is 102 Å². The average molecular weight is 708 g/mol. The number of nitrogens with zero attached hydrogens (tertiary/aromatic N) is 4. The van der Waals surface area contributed by atoms with E-state index in [9.17, 15) is 8.78 Å².